The fraction of sp³-hybridized carbons (Fsp3) is 0.222. The van der Waals surface area contributed by atoms with Crippen molar-refractivity contribution in [2.24, 2.45) is 0 Å². The average Bonchev–Trinajstić information content (AvgIpc) is 2.13. The Balaban J connectivity index is 3.11. The molecule has 9 heteroatoms. The van der Waals surface area contributed by atoms with Gasteiger partial charge in [-0.05, 0) is 12.1 Å². The summed E-state index contributed by atoms with van der Waals surface area (Å²) in [5.74, 6) is -0.427. The molecule has 0 atom stereocenters. The maximum atomic E-state index is 11.5. The third-order valence-corrected chi connectivity index (χ3v) is 3.54. The van der Waals surface area contributed by atoms with Gasteiger partial charge in [-0.15, -0.1) is 0 Å². The number of carbonyl (C=O) groups excluding carboxylic acids is 1. The van der Waals surface area contributed by atoms with Crippen LogP contribution in [-0.2, 0) is 14.9 Å². The average molecular weight is 402 g/mol. The molecule has 0 aliphatic heterocycles. The highest BCUT2D eigenvalue weighted by atomic mass is 79.9. The van der Waals surface area contributed by atoms with Crippen molar-refractivity contribution < 1.29 is 17.8 Å². The summed E-state index contributed by atoms with van der Waals surface area (Å²) >= 11 is 6.25. The van der Waals surface area contributed by atoms with Gasteiger partial charge in [-0.3, -0.25) is 9.35 Å². The van der Waals surface area contributed by atoms with Crippen LogP contribution in [0.4, 0.5) is 11.4 Å². The zero-order chi connectivity index (χ0) is 13.9. The molecular formula is C9H10Br2N2O4S. The second-order valence-electron chi connectivity index (χ2n) is 3.34. The van der Waals surface area contributed by atoms with E-state index in [4.69, 9.17) is 10.3 Å². The summed E-state index contributed by atoms with van der Waals surface area (Å²) in [6.45, 7) is 0. The van der Waals surface area contributed by atoms with Gasteiger partial charge in [0, 0.05) is 6.42 Å². The molecule has 1 aromatic rings. The van der Waals surface area contributed by atoms with Crippen LogP contribution in [0.1, 0.15) is 6.42 Å². The molecule has 0 saturated carbocycles. The fourth-order valence-corrected chi connectivity index (χ4v) is 2.63. The number of rotatable bonds is 4. The normalized spacial score (nSPS) is 11.6. The Morgan fingerprint density at radius 1 is 1.44 bits per heavy atom. The van der Waals surface area contributed by atoms with Crippen molar-refractivity contribution in [3.05, 3.63) is 18.2 Å². The first-order valence-corrected chi connectivity index (χ1v) is 7.93. The Labute approximate surface area is 121 Å². The van der Waals surface area contributed by atoms with Crippen LogP contribution < -0.4 is 11.1 Å². The number of alkyl halides is 2. The van der Waals surface area contributed by atoms with E-state index in [0.29, 0.717) is 0 Å². The smallest absolute Gasteiger partial charge is 0.298 e. The molecule has 0 radical (unpaired) electrons. The highest BCUT2D eigenvalue weighted by Crippen LogP contribution is 2.27. The predicted molar refractivity (Wildman–Crippen MR) is 75.6 cm³/mol. The molecule has 1 aromatic carbocycles. The van der Waals surface area contributed by atoms with Gasteiger partial charge < -0.3 is 11.1 Å². The van der Waals surface area contributed by atoms with Crippen LogP contribution in [0.25, 0.3) is 0 Å². The molecule has 0 bridgehead atoms. The van der Waals surface area contributed by atoms with Gasteiger partial charge in [0.05, 0.1) is 15.1 Å². The third kappa shape index (κ3) is 4.23. The predicted octanol–water partition coefficient (Wildman–Crippen LogP) is 1.96. The number of nitrogens with one attached hydrogen (secondary N) is 1. The van der Waals surface area contributed by atoms with Crippen molar-refractivity contribution in [2.45, 2.75) is 15.1 Å². The molecule has 0 aromatic heterocycles. The summed E-state index contributed by atoms with van der Waals surface area (Å²) in [4.78, 5) is 11.0. The van der Waals surface area contributed by atoms with Gasteiger partial charge in [-0.25, -0.2) is 0 Å². The molecular weight excluding hydrogens is 392 g/mol. The molecule has 0 saturated heterocycles. The highest BCUT2D eigenvalue weighted by Gasteiger charge is 2.20. The summed E-state index contributed by atoms with van der Waals surface area (Å²) in [6, 6.07) is 4.13. The van der Waals surface area contributed by atoms with Crippen LogP contribution in [0, 0.1) is 0 Å². The Hall–Kier alpha value is -0.640. The maximum absolute atomic E-state index is 11.5. The van der Waals surface area contributed by atoms with E-state index in [1.54, 1.807) is 0 Å². The lowest BCUT2D eigenvalue weighted by Gasteiger charge is -2.11. The minimum atomic E-state index is -4.50. The van der Waals surface area contributed by atoms with E-state index in [1.165, 1.54) is 18.2 Å². The lowest BCUT2D eigenvalue weighted by molar-refractivity contribution is -0.115. The first-order chi connectivity index (χ1) is 8.21. The Morgan fingerprint density at radius 3 is 2.56 bits per heavy atom. The lowest BCUT2D eigenvalue weighted by Crippen LogP contribution is -2.17. The number of nitrogens with two attached hydrogens (primary N) is 1. The molecule has 0 spiro atoms. The summed E-state index contributed by atoms with van der Waals surface area (Å²) in [5, 5.41) is 2.37. The zero-order valence-corrected chi connectivity index (χ0v) is 12.9. The molecule has 1 amide bonds. The SMILES string of the molecule is Nc1cccc(NC(=O)CC(Br)Br)c1S(=O)(=O)O. The van der Waals surface area contributed by atoms with Crippen molar-refractivity contribution in [2.75, 3.05) is 11.1 Å². The third-order valence-electron chi connectivity index (χ3n) is 1.92. The van der Waals surface area contributed by atoms with Crippen molar-refractivity contribution in [3.8, 4) is 0 Å². The van der Waals surface area contributed by atoms with E-state index >= 15 is 0 Å². The number of amides is 1. The van der Waals surface area contributed by atoms with Gasteiger partial charge in [0.15, 0.2) is 0 Å². The minimum absolute atomic E-state index is 0.0526. The quantitative estimate of drug-likeness (QED) is 0.405. The van der Waals surface area contributed by atoms with Crippen LogP contribution >= 0.6 is 31.9 Å². The van der Waals surface area contributed by atoms with Crippen LogP contribution in [0.15, 0.2) is 23.1 Å². The fourth-order valence-electron chi connectivity index (χ4n) is 1.28. The summed E-state index contributed by atoms with van der Waals surface area (Å²) < 4.78 is 31.2. The Kier molecular flexibility index (Phi) is 5.14. The number of anilines is 2. The van der Waals surface area contributed by atoms with Crippen molar-refractivity contribution >= 4 is 59.3 Å². The molecule has 0 unspecified atom stereocenters. The van der Waals surface area contributed by atoms with Crippen molar-refractivity contribution in [1.82, 2.24) is 0 Å². The van der Waals surface area contributed by atoms with E-state index in [9.17, 15) is 13.2 Å². The van der Waals surface area contributed by atoms with E-state index in [-0.39, 0.29) is 21.5 Å². The van der Waals surface area contributed by atoms with Crippen LogP contribution in [0.5, 0.6) is 0 Å². The number of halogens is 2. The van der Waals surface area contributed by atoms with Gasteiger partial charge >= 0.3 is 0 Å². The minimum Gasteiger partial charge on any atom is -0.398 e. The van der Waals surface area contributed by atoms with Crippen LogP contribution in [-0.4, -0.2) is 22.6 Å². The van der Waals surface area contributed by atoms with Crippen LogP contribution in [0.3, 0.4) is 0 Å². The van der Waals surface area contributed by atoms with Gasteiger partial charge in [-0.1, -0.05) is 37.9 Å². The maximum Gasteiger partial charge on any atom is 0.298 e. The highest BCUT2D eigenvalue weighted by molar-refractivity contribution is 9.24. The van der Waals surface area contributed by atoms with Crippen molar-refractivity contribution in [1.29, 1.82) is 0 Å². The number of carbonyl (C=O) groups is 1. The second-order valence-corrected chi connectivity index (χ2v) is 8.14. The lowest BCUT2D eigenvalue weighted by atomic mass is 10.2. The van der Waals surface area contributed by atoms with Gasteiger partial charge in [0.1, 0.15) is 4.90 Å². The van der Waals surface area contributed by atoms with E-state index in [1.807, 2.05) is 0 Å². The second kappa shape index (κ2) is 6.00. The topological polar surface area (TPSA) is 109 Å². The number of nitrogen functional groups attached to an aromatic ring is 1. The molecule has 0 aliphatic rings. The number of hydrogen-bond acceptors (Lipinski definition) is 4. The molecule has 0 aliphatic carbocycles. The van der Waals surface area contributed by atoms with Crippen molar-refractivity contribution in [3.63, 3.8) is 0 Å². The largest absolute Gasteiger partial charge is 0.398 e. The molecule has 4 N–H and O–H groups in total. The molecule has 1 rings (SSSR count). The molecule has 0 fully saturated rings. The van der Waals surface area contributed by atoms with E-state index in [2.05, 4.69) is 37.2 Å². The van der Waals surface area contributed by atoms with E-state index < -0.39 is 20.9 Å². The first kappa shape index (κ1) is 15.4. The first-order valence-electron chi connectivity index (χ1n) is 4.66. The molecule has 0 heterocycles. The molecule has 100 valence electrons. The van der Waals surface area contributed by atoms with Gasteiger partial charge in [0.25, 0.3) is 10.1 Å². The molecule has 6 nitrogen and oxygen atoms in total. The zero-order valence-electron chi connectivity index (χ0n) is 8.93. The van der Waals surface area contributed by atoms with E-state index in [0.717, 1.165) is 0 Å². The summed E-state index contributed by atoms with van der Waals surface area (Å²) in [5.41, 5.74) is 5.29. The summed E-state index contributed by atoms with van der Waals surface area (Å²) in [7, 11) is -4.50. The number of hydrogen-bond donors (Lipinski definition) is 3. The molecule has 18 heavy (non-hydrogen) atoms. The standard InChI is InChI=1S/C9H10Br2N2O4S/c10-7(11)4-8(14)13-6-3-1-2-5(12)9(6)18(15,16)17/h1-3,7H,4,12H2,(H,13,14)(H,15,16,17). The van der Waals surface area contributed by atoms with Gasteiger partial charge in [-0.2, -0.15) is 8.42 Å². The van der Waals surface area contributed by atoms with Gasteiger partial charge in [0.2, 0.25) is 5.91 Å². The Bertz CT molecular complexity index is 560. The van der Waals surface area contributed by atoms with Crippen LogP contribution in [0.2, 0.25) is 0 Å². The Morgan fingerprint density at radius 2 is 2.06 bits per heavy atom. The number of benzene rings is 1. The monoisotopic (exact) mass is 400 g/mol. The summed E-state index contributed by atoms with van der Waals surface area (Å²) in [6.07, 6.45) is 0.0831.